The Morgan fingerprint density at radius 3 is 2.47 bits per heavy atom. The topological polar surface area (TPSA) is 104 Å². The van der Waals surface area contributed by atoms with Crippen molar-refractivity contribution in [3.8, 4) is 5.75 Å². The van der Waals surface area contributed by atoms with E-state index in [9.17, 15) is 9.59 Å². The number of aromatic hydroxyl groups is 1. The molecule has 17 heavy (non-hydrogen) atoms. The van der Waals surface area contributed by atoms with Crippen LogP contribution < -0.4 is 16.4 Å². The highest BCUT2D eigenvalue weighted by molar-refractivity contribution is 6.04. The van der Waals surface area contributed by atoms with Gasteiger partial charge in [0.15, 0.2) is 0 Å². The lowest BCUT2D eigenvalue weighted by Crippen LogP contribution is -2.49. The van der Waals surface area contributed by atoms with E-state index in [1.807, 2.05) is 0 Å². The molecule has 0 spiro atoms. The summed E-state index contributed by atoms with van der Waals surface area (Å²) in [7, 11) is 0. The lowest BCUT2D eigenvalue weighted by Gasteiger charge is -2.24. The number of hydrogen-bond donors (Lipinski definition) is 4. The van der Waals surface area contributed by atoms with E-state index < -0.39 is 11.9 Å². The summed E-state index contributed by atoms with van der Waals surface area (Å²) >= 11 is 0. The van der Waals surface area contributed by atoms with Crippen LogP contribution in [-0.2, 0) is 9.59 Å². The number of carbonyl (C=O) groups excluding carboxylic acids is 2. The lowest BCUT2D eigenvalue weighted by atomic mass is 10.0. The fraction of sp³-hybridized carbons (Fsp3) is 0.0909. The van der Waals surface area contributed by atoms with Gasteiger partial charge in [-0.3, -0.25) is 9.59 Å². The summed E-state index contributed by atoms with van der Waals surface area (Å²) in [5, 5.41) is 14.1. The van der Waals surface area contributed by atoms with Crippen LogP contribution in [0, 0.1) is 0 Å². The third-order valence-corrected chi connectivity index (χ3v) is 2.43. The summed E-state index contributed by atoms with van der Waals surface area (Å²) in [5.41, 5.74) is 5.81. The number of benzene rings is 1. The first-order chi connectivity index (χ1) is 8.11. The molecule has 1 atom stereocenters. The van der Waals surface area contributed by atoms with Crippen molar-refractivity contribution in [1.82, 2.24) is 10.6 Å². The van der Waals surface area contributed by atoms with Crippen LogP contribution in [0.2, 0.25) is 0 Å². The fourth-order valence-electron chi connectivity index (χ4n) is 1.55. The average Bonchev–Trinajstić information content (AvgIpc) is 2.33. The van der Waals surface area contributed by atoms with Crippen molar-refractivity contribution >= 4 is 11.8 Å². The minimum Gasteiger partial charge on any atom is -0.508 e. The van der Waals surface area contributed by atoms with E-state index in [4.69, 9.17) is 10.8 Å². The van der Waals surface area contributed by atoms with Gasteiger partial charge in [0.05, 0.1) is 0 Å². The van der Waals surface area contributed by atoms with Crippen LogP contribution in [-0.4, -0.2) is 16.9 Å². The van der Waals surface area contributed by atoms with Crippen molar-refractivity contribution in [2.45, 2.75) is 6.04 Å². The van der Waals surface area contributed by atoms with Crippen molar-refractivity contribution in [3.05, 3.63) is 41.7 Å². The monoisotopic (exact) mass is 233 g/mol. The molecule has 0 saturated carbocycles. The van der Waals surface area contributed by atoms with E-state index in [-0.39, 0.29) is 17.4 Å². The third-order valence-electron chi connectivity index (χ3n) is 2.43. The van der Waals surface area contributed by atoms with Gasteiger partial charge in [0.1, 0.15) is 17.5 Å². The minimum atomic E-state index is -0.771. The normalized spacial score (nSPS) is 22.1. The molecule has 88 valence electrons. The van der Waals surface area contributed by atoms with E-state index in [1.54, 1.807) is 12.1 Å². The van der Waals surface area contributed by atoms with E-state index in [2.05, 4.69) is 10.6 Å². The van der Waals surface area contributed by atoms with Gasteiger partial charge in [-0.1, -0.05) is 12.1 Å². The maximum atomic E-state index is 11.7. The first kappa shape index (κ1) is 11.0. The zero-order valence-corrected chi connectivity index (χ0v) is 8.81. The first-order valence-corrected chi connectivity index (χ1v) is 4.94. The molecule has 6 nitrogen and oxygen atoms in total. The van der Waals surface area contributed by atoms with Gasteiger partial charge in [-0.05, 0) is 17.7 Å². The van der Waals surface area contributed by atoms with E-state index in [0.29, 0.717) is 5.56 Å². The second kappa shape index (κ2) is 4.17. The number of phenolic OH excluding ortho intramolecular Hbond substituents is 1. The molecular formula is C11H11N3O3. The Labute approximate surface area is 97.1 Å². The Morgan fingerprint density at radius 1 is 1.24 bits per heavy atom. The number of piperazine rings is 1. The largest absolute Gasteiger partial charge is 0.508 e. The number of nitrogens with one attached hydrogen (secondary N) is 2. The quantitative estimate of drug-likeness (QED) is 0.490. The number of carbonyl (C=O) groups is 2. The number of nitrogens with two attached hydrogens (primary N) is 1. The summed E-state index contributed by atoms with van der Waals surface area (Å²) in [6.07, 6.45) is 1.04. The minimum absolute atomic E-state index is 0.0324. The summed E-state index contributed by atoms with van der Waals surface area (Å²) in [5.74, 6) is -0.712. The molecular weight excluding hydrogens is 222 g/mol. The summed E-state index contributed by atoms with van der Waals surface area (Å²) in [4.78, 5) is 23.2. The number of amides is 2. The molecule has 6 heteroatoms. The molecule has 1 fully saturated rings. The van der Waals surface area contributed by atoms with Crippen molar-refractivity contribution in [2.75, 3.05) is 0 Å². The molecule has 1 aliphatic heterocycles. The molecule has 0 aliphatic carbocycles. The lowest BCUT2D eigenvalue weighted by molar-refractivity contribution is -0.131. The fourth-order valence-corrected chi connectivity index (χ4v) is 1.55. The standard InChI is InChI=1S/C11H11N3O3/c12-5-8-10(16)14-9(11(17)13-8)6-1-3-7(15)4-2-6/h1-5,9,15H,12H2,(H,13,17)(H,14,16)/b8-5+. The average molecular weight is 233 g/mol. The summed E-state index contributed by atoms with van der Waals surface area (Å²) in [6.45, 7) is 0. The first-order valence-electron chi connectivity index (χ1n) is 4.94. The van der Waals surface area contributed by atoms with Gasteiger partial charge in [-0.2, -0.15) is 0 Å². The second-order valence-electron chi connectivity index (χ2n) is 3.57. The zero-order valence-electron chi connectivity index (χ0n) is 8.81. The molecule has 1 aliphatic rings. The Bertz CT molecular complexity index is 493. The Hall–Kier alpha value is -2.50. The van der Waals surface area contributed by atoms with Crippen molar-refractivity contribution in [3.63, 3.8) is 0 Å². The van der Waals surface area contributed by atoms with Crippen molar-refractivity contribution < 1.29 is 14.7 Å². The predicted molar refractivity (Wildman–Crippen MR) is 59.4 cm³/mol. The Kier molecular flexibility index (Phi) is 2.70. The summed E-state index contributed by atoms with van der Waals surface area (Å²) in [6, 6.07) is 5.26. The van der Waals surface area contributed by atoms with Crippen LogP contribution in [0.1, 0.15) is 11.6 Å². The van der Waals surface area contributed by atoms with Crippen LogP contribution in [0.4, 0.5) is 0 Å². The number of phenols is 1. The molecule has 1 heterocycles. The van der Waals surface area contributed by atoms with Gasteiger partial charge in [0.2, 0.25) is 0 Å². The van der Waals surface area contributed by atoms with E-state index in [0.717, 1.165) is 6.20 Å². The molecule has 1 saturated heterocycles. The highest BCUT2D eigenvalue weighted by Crippen LogP contribution is 2.19. The van der Waals surface area contributed by atoms with E-state index >= 15 is 0 Å². The van der Waals surface area contributed by atoms with Crippen LogP contribution in [0.25, 0.3) is 0 Å². The van der Waals surface area contributed by atoms with Gasteiger partial charge < -0.3 is 21.5 Å². The molecule has 0 radical (unpaired) electrons. The van der Waals surface area contributed by atoms with Crippen LogP contribution >= 0.6 is 0 Å². The van der Waals surface area contributed by atoms with Gasteiger partial charge >= 0.3 is 0 Å². The molecule has 0 bridgehead atoms. The molecule has 1 aromatic rings. The third kappa shape index (κ3) is 2.05. The van der Waals surface area contributed by atoms with Gasteiger partial charge in [-0.25, -0.2) is 0 Å². The summed E-state index contributed by atoms with van der Waals surface area (Å²) < 4.78 is 0. The molecule has 1 unspecified atom stereocenters. The SMILES string of the molecule is N/C=C1/NC(=O)C(c2ccc(O)cc2)NC1=O. The maximum Gasteiger partial charge on any atom is 0.270 e. The Balaban J connectivity index is 2.26. The molecule has 2 rings (SSSR count). The molecule has 1 aromatic carbocycles. The molecule has 2 amide bonds. The maximum absolute atomic E-state index is 11.7. The highest BCUT2D eigenvalue weighted by atomic mass is 16.3. The van der Waals surface area contributed by atoms with Crippen LogP contribution in [0.15, 0.2) is 36.2 Å². The smallest absolute Gasteiger partial charge is 0.270 e. The highest BCUT2D eigenvalue weighted by Gasteiger charge is 2.30. The van der Waals surface area contributed by atoms with Gasteiger partial charge in [-0.15, -0.1) is 0 Å². The van der Waals surface area contributed by atoms with E-state index in [1.165, 1.54) is 12.1 Å². The number of rotatable bonds is 1. The van der Waals surface area contributed by atoms with Crippen LogP contribution in [0.3, 0.4) is 0 Å². The second-order valence-corrected chi connectivity index (χ2v) is 3.57. The van der Waals surface area contributed by atoms with Gasteiger partial charge in [0.25, 0.3) is 11.8 Å². The number of hydrogen-bond acceptors (Lipinski definition) is 4. The zero-order chi connectivity index (χ0) is 12.4. The Morgan fingerprint density at radius 2 is 1.88 bits per heavy atom. The molecule has 0 aromatic heterocycles. The predicted octanol–water partition coefficient (Wildman–Crippen LogP) is -0.521. The molecule has 5 N–H and O–H groups in total. The van der Waals surface area contributed by atoms with Crippen molar-refractivity contribution in [2.24, 2.45) is 5.73 Å². The van der Waals surface area contributed by atoms with Crippen LogP contribution in [0.5, 0.6) is 5.75 Å². The van der Waals surface area contributed by atoms with Gasteiger partial charge in [0, 0.05) is 6.20 Å². The van der Waals surface area contributed by atoms with Crippen molar-refractivity contribution in [1.29, 1.82) is 0 Å².